The number of hydrogen-bond donors (Lipinski definition) is 1. The van der Waals surface area contributed by atoms with Crippen molar-refractivity contribution < 1.29 is 14.1 Å². The maximum Gasteiger partial charge on any atom is 0.316 e. The molecule has 0 unspecified atom stereocenters. The lowest BCUT2D eigenvalue weighted by atomic mass is 9.92. The van der Waals surface area contributed by atoms with Crippen LogP contribution in [0.1, 0.15) is 58.2 Å². The first-order valence-electron chi connectivity index (χ1n) is 11.8. The minimum Gasteiger partial charge on any atom is -0.465 e. The highest BCUT2D eigenvalue weighted by atomic mass is 16.5. The summed E-state index contributed by atoms with van der Waals surface area (Å²) in [5, 5.41) is 7.69. The van der Waals surface area contributed by atoms with Crippen LogP contribution in [0.2, 0.25) is 0 Å². The van der Waals surface area contributed by atoms with Gasteiger partial charge in [0, 0.05) is 12.1 Å². The molecule has 1 aliphatic rings. The first-order valence-corrected chi connectivity index (χ1v) is 11.8. The topological polar surface area (TPSA) is 64.4 Å². The van der Waals surface area contributed by atoms with Crippen molar-refractivity contribution in [2.24, 2.45) is 5.41 Å². The van der Waals surface area contributed by atoms with Crippen molar-refractivity contribution in [1.82, 2.24) is 5.16 Å². The molecule has 1 aliphatic carbocycles. The average molecular weight is 447 g/mol. The summed E-state index contributed by atoms with van der Waals surface area (Å²) in [7, 11) is 0. The van der Waals surface area contributed by atoms with Gasteiger partial charge in [0.2, 0.25) is 0 Å². The number of hydrogen-bond acceptors (Lipinski definition) is 5. The third-order valence-electron chi connectivity index (χ3n) is 6.37. The van der Waals surface area contributed by atoms with Gasteiger partial charge in [0.1, 0.15) is 11.4 Å². The molecule has 1 heterocycles. The minimum atomic E-state index is -0.432. The highest BCUT2D eigenvalue weighted by Gasteiger charge is 2.52. The summed E-state index contributed by atoms with van der Waals surface area (Å²) < 4.78 is 10.9. The highest BCUT2D eigenvalue weighted by Crippen LogP contribution is 2.49. The van der Waals surface area contributed by atoms with Crippen molar-refractivity contribution in [3.05, 3.63) is 59.8 Å². The number of anilines is 1. The Balaban J connectivity index is 1.49. The van der Waals surface area contributed by atoms with Crippen LogP contribution in [0.15, 0.2) is 53.1 Å². The number of aryl methyl sites for hydroxylation is 1. The molecule has 0 aliphatic heterocycles. The van der Waals surface area contributed by atoms with Gasteiger partial charge in [0.05, 0.1) is 12.0 Å². The normalized spacial score (nSPS) is 14.7. The second-order valence-electron chi connectivity index (χ2n) is 10.2. The Bertz CT molecular complexity index is 1100. The Morgan fingerprint density at radius 2 is 1.61 bits per heavy atom. The van der Waals surface area contributed by atoms with Crippen LogP contribution >= 0.6 is 0 Å². The molecule has 4 rings (SSSR count). The monoisotopic (exact) mass is 446 g/mol. The molecule has 0 atom stereocenters. The zero-order valence-electron chi connectivity index (χ0n) is 20.3. The predicted molar refractivity (Wildman–Crippen MR) is 132 cm³/mol. The van der Waals surface area contributed by atoms with Crippen molar-refractivity contribution in [2.75, 3.05) is 18.5 Å². The van der Waals surface area contributed by atoms with Crippen LogP contribution < -0.4 is 5.32 Å². The van der Waals surface area contributed by atoms with E-state index in [1.807, 2.05) is 13.8 Å². The Hall–Kier alpha value is -3.08. The number of carbonyl (C=O) groups is 1. The molecule has 3 aromatic rings. The molecule has 0 spiro atoms. The van der Waals surface area contributed by atoms with E-state index in [9.17, 15) is 4.79 Å². The second-order valence-corrected chi connectivity index (χ2v) is 10.2. The van der Waals surface area contributed by atoms with Crippen LogP contribution in [-0.2, 0) is 14.9 Å². The zero-order valence-corrected chi connectivity index (χ0v) is 20.3. The molecule has 0 radical (unpaired) electrons. The summed E-state index contributed by atoms with van der Waals surface area (Å²) in [6.07, 6.45) is 2.79. The summed E-state index contributed by atoms with van der Waals surface area (Å²) in [5.41, 5.74) is 5.94. The van der Waals surface area contributed by atoms with Gasteiger partial charge in [-0.25, -0.2) is 0 Å². The average Bonchev–Trinajstić information content (AvgIpc) is 3.53. The number of esters is 1. The summed E-state index contributed by atoms with van der Waals surface area (Å²) in [5.74, 6) is 0.671. The predicted octanol–water partition coefficient (Wildman–Crippen LogP) is 6.76. The Kier molecular flexibility index (Phi) is 6.33. The number of benzene rings is 2. The molecule has 174 valence electrons. The number of carbonyl (C=O) groups excluding carboxylic acids is 1. The fraction of sp³-hybridized carbons (Fsp3) is 0.429. The van der Waals surface area contributed by atoms with Gasteiger partial charge in [0.15, 0.2) is 5.76 Å². The van der Waals surface area contributed by atoms with E-state index in [2.05, 4.69) is 79.8 Å². The van der Waals surface area contributed by atoms with Gasteiger partial charge >= 0.3 is 5.97 Å². The number of aromatic nitrogens is 1. The molecule has 1 aromatic heterocycles. The quantitative estimate of drug-likeness (QED) is 0.387. The first kappa shape index (κ1) is 23.1. The van der Waals surface area contributed by atoms with Crippen LogP contribution in [0.25, 0.3) is 22.5 Å². The number of rotatable bonds is 8. The van der Waals surface area contributed by atoms with Crippen molar-refractivity contribution in [2.45, 2.75) is 59.3 Å². The van der Waals surface area contributed by atoms with E-state index in [0.29, 0.717) is 6.61 Å². The van der Waals surface area contributed by atoms with Crippen LogP contribution in [0, 0.1) is 12.3 Å². The number of ether oxygens (including phenoxy) is 1. The zero-order chi connectivity index (χ0) is 23.6. The lowest BCUT2D eigenvalue weighted by Gasteiger charge is -2.18. The van der Waals surface area contributed by atoms with Crippen LogP contribution in [0.4, 0.5) is 5.69 Å². The van der Waals surface area contributed by atoms with Gasteiger partial charge in [-0.1, -0.05) is 74.5 Å². The maximum atomic E-state index is 12.4. The maximum absolute atomic E-state index is 12.4. The molecule has 5 nitrogen and oxygen atoms in total. The molecule has 2 aromatic carbocycles. The van der Waals surface area contributed by atoms with Gasteiger partial charge in [-0.15, -0.1) is 0 Å². The number of nitrogens with one attached hydrogen (secondary N) is 1. The molecule has 1 saturated carbocycles. The third kappa shape index (κ3) is 4.97. The van der Waals surface area contributed by atoms with Gasteiger partial charge in [-0.3, -0.25) is 4.79 Å². The molecule has 1 fully saturated rings. The van der Waals surface area contributed by atoms with Gasteiger partial charge in [-0.2, -0.15) is 0 Å². The Morgan fingerprint density at radius 3 is 2.15 bits per heavy atom. The highest BCUT2D eigenvalue weighted by molar-refractivity contribution is 5.87. The smallest absolute Gasteiger partial charge is 0.316 e. The van der Waals surface area contributed by atoms with Crippen molar-refractivity contribution in [3.63, 3.8) is 0 Å². The fourth-order valence-corrected chi connectivity index (χ4v) is 4.14. The van der Waals surface area contributed by atoms with E-state index in [1.165, 1.54) is 0 Å². The second kappa shape index (κ2) is 9.05. The van der Waals surface area contributed by atoms with E-state index in [1.54, 1.807) is 0 Å². The third-order valence-corrected chi connectivity index (χ3v) is 6.37. The van der Waals surface area contributed by atoms with Gasteiger partial charge in [0.25, 0.3) is 0 Å². The molecular weight excluding hydrogens is 412 g/mol. The number of nitrogens with zero attached hydrogens (tertiary/aromatic N) is 1. The summed E-state index contributed by atoms with van der Waals surface area (Å²) in [6.45, 7) is 11.8. The fourth-order valence-electron chi connectivity index (χ4n) is 4.14. The molecule has 0 bridgehead atoms. The standard InChI is InChI=1S/C28H34N2O3/c1-6-32-26(31)28(15-16-28)23-13-11-21(12-14-23)20-7-9-22(10-8-20)25-24(19(2)30-33-25)29-18-17-27(3,4)5/h7-14,29H,6,15-18H2,1-5H3. The molecule has 0 saturated heterocycles. The van der Waals surface area contributed by atoms with Crippen molar-refractivity contribution in [3.8, 4) is 22.5 Å². The lowest BCUT2D eigenvalue weighted by molar-refractivity contribution is -0.146. The minimum absolute atomic E-state index is 0.101. The lowest BCUT2D eigenvalue weighted by Crippen LogP contribution is -2.23. The Morgan fingerprint density at radius 1 is 1.03 bits per heavy atom. The Labute approximate surface area is 196 Å². The van der Waals surface area contributed by atoms with Gasteiger partial charge in [-0.05, 0) is 55.2 Å². The van der Waals surface area contributed by atoms with E-state index in [4.69, 9.17) is 9.26 Å². The van der Waals surface area contributed by atoms with Crippen LogP contribution in [0.5, 0.6) is 0 Å². The molecule has 33 heavy (non-hydrogen) atoms. The van der Waals surface area contributed by atoms with E-state index in [0.717, 1.165) is 65.2 Å². The van der Waals surface area contributed by atoms with Crippen molar-refractivity contribution in [1.29, 1.82) is 0 Å². The summed E-state index contributed by atoms with van der Waals surface area (Å²) >= 11 is 0. The van der Waals surface area contributed by atoms with Crippen molar-refractivity contribution >= 4 is 11.7 Å². The van der Waals surface area contributed by atoms with E-state index < -0.39 is 5.41 Å². The van der Waals surface area contributed by atoms with Crippen LogP contribution in [-0.4, -0.2) is 24.3 Å². The molecule has 1 N–H and O–H groups in total. The van der Waals surface area contributed by atoms with Gasteiger partial charge < -0.3 is 14.6 Å². The molecule has 0 amide bonds. The summed E-state index contributed by atoms with van der Waals surface area (Å²) in [6, 6.07) is 16.6. The molecular formula is C28H34N2O3. The van der Waals surface area contributed by atoms with E-state index in [-0.39, 0.29) is 11.4 Å². The molecule has 5 heteroatoms. The van der Waals surface area contributed by atoms with Crippen LogP contribution in [0.3, 0.4) is 0 Å². The SMILES string of the molecule is CCOC(=O)C1(c2ccc(-c3ccc(-c4onc(C)c4NCCC(C)(C)C)cc3)cc2)CC1. The summed E-state index contributed by atoms with van der Waals surface area (Å²) in [4.78, 5) is 12.4. The largest absolute Gasteiger partial charge is 0.465 e. The first-order chi connectivity index (χ1) is 15.7. The van der Waals surface area contributed by atoms with E-state index >= 15 is 0 Å².